The van der Waals surface area contributed by atoms with Crippen LogP contribution in [0.25, 0.3) is 0 Å². The number of nitriles is 1. The number of aromatic nitrogens is 2. The van der Waals surface area contributed by atoms with E-state index < -0.39 is 6.09 Å². The SMILES string of the molecule is COc1ccccc1[C@@H](C)CC(=O)Nc1sc2c(c1C#N)CCN(C(=O)OCc1cncn1C)C2. The Kier molecular flexibility index (Phi) is 7.36. The van der Waals surface area contributed by atoms with Gasteiger partial charge in [0.05, 0.1) is 37.4 Å². The second-order valence-corrected chi connectivity index (χ2v) is 9.54. The molecule has 1 N–H and O–H groups in total. The van der Waals surface area contributed by atoms with Crippen LogP contribution in [0, 0.1) is 11.3 Å². The van der Waals surface area contributed by atoms with Crippen molar-refractivity contribution in [3.05, 3.63) is 64.1 Å². The molecule has 1 atom stereocenters. The number of aryl methyl sites for hydroxylation is 1. The van der Waals surface area contributed by atoms with Gasteiger partial charge in [-0.3, -0.25) is 4.79 Å². The number of imidazole rings is 1. The molecule has 1 aromatic carbocycles. The molecule has 3 heterocycles. The summed E-state index contributed by atoms with van der Waals surface area (Å²) in [4.78, 5) is 31.9. The summed E-state index contributed by atoms with van der Waals surface area (Å²) in [5, 5.41) is 13.2. The summed E-state index contributed by atoms with van der Waals surface area (Å²) in [5.74, 6) is 0.509. The molecule has 2 amide bonds. The van der Waals surface area contributed by atoms with Crippen molar-refractivity contribution in [3.8, 4) is 11.8 Å². The number of fused-ring (bicyclic) bond motifs is 1. The zero-order chi connectivity index (χ0) is 24.9. The first-order valence-electron chi connectivity index (χ1n) is 11.3. The quantitative estimate of drug-likeness (QED) is 0.529. The number of anilines is 1. The summed E-state index contributed by atoms with van der Waals surface area (Å²) < 4.78 is 12.6. The lowest BCUT2D eigenvalue weighted by molar-refractivity contribution is -0.116. The number of hydrogen-bond donors (Lipinski definition) is 1. The fourth-order valence-electron chi connectivity index (χ4n) is 4.16. The number of benzene rings is 1. The average Bonchev–Trinajstić information content (AvgIpc) is 3.43. The Bertz CT molecular complexity index is 1280. The third-order valence-electron chi connectivity index (χ3n) is 6.10. The van der Waals surface area contributed by atoms with Gasteiger partial charge in [-0.25, -0.2) is 9.78 Å². The van der Waals surface area contributed by atoms with Crippen molar-refractivity contribution < 1.29 is 19.1 Å². The lowest BCUT2D eigenvalue weighted by atomic mass is 9.96. The Morgan fingerprint density at radius 2 is 2.14 bits per heavy atom. The van der Waals surface area contributed by atoms with Crippen LogP contribution >= 0.6 is 11.3 Å². The Balaban J connectivity index is 1.40. The first-order valence-corrected chi connectivity index (χ1v) is 12.1. The van der Waals surface area contributed by atoms with Crippen LogP contribution in [0.3, 0.4) is 0 Å². The third-order valence-corrected chi connectivity index (χ3v) is 7.23. The van der Waals surface area contributed by atoms with Crippen molar-refractivity contribution in [2.24, 2.45) is 7.05 Å². The fourth-order valence-corrected chi connectivity index (χ4v) is 5.39. The van der Waals surface area contributed by atoms with E-state index >= 15 is 0 Å². The Morgan fingerprint density at radius 1 is 1.34 bits per heavy atom. The normalized spacial score (nSPS) is 13.5. The molecule has 1 aliphatic heterocycles. The van der Waals surface area contributed by atoms with Gasteiger partial charge >= 0.3 is 6.09 Å². The van der Waals surface area contributed by atoms with E-state index in [1.807, 2.05) is 38.2 Å². The van der Waals surface area contributed by atoms with E-state index in [-0.39, 0.29) is 24.9 Å². The monoisotopic (exact) mass is 493 g/mol. The molecule has 1 aliphatic rings. The molecule has 0 saturated carbocycles. The molecule has 182 valence electrons. The summed E-state index contributed by atoms with van der Waals surface area (Å²) in [6, 6.07) is 9.87. The number of ether oxygens (including phenoxy) is 2. The summed E-state index contributed by atoms with van der Waals surface area (Å²) in [6.45, 7) is 2.89. The number of carbonyl (C=O) groups excluding carboxylic acids is 2. The first kappa shape index (κ1) is 24.3. The Labute approximate surface area is 207 Å². The van der Waals surface area contributed by atoms with E-state index in [4.69, 9.17) is 9.47 Å². The van der Waals surface area contributed by atoms with Gasteiger partial charge in [-0.15, -0.1) is 11.3 Å². The second kappa shape index (κ2) is 10.6. The minimum absolute atomic E-state index is 0.0593. The van der Waals surface area contributed by atoms with Crippen LogP contribution in [-0.2, 0) is 36.2 Å². The average molecular weight is 494 g/mol. The highest BCUT2D eigenvalue weighted by atomic mass is 32.1. The molecule has 0 fully saturated rings. The molecule has 0 unspecified atom stereocenters. The number of nitrogens with one attached hydrogen (secondary N) is 1. The Morgan fingerprint density at radius 3 is 2.86 bits per heavy atom. The topological polar surface area (TPSA) is 109 Å². The van der Waals surface area contributed by atoms with Crippen LogP contribution in [0.15, 0.2) is 36.8 Å². The summed E-state index contributed by atoms with van der Waals surface area (Å²) in [7, 11) is 3.45. The highest BCUT2D eigenvalue weighted by Crippen LogP contribution is 2.37. The minimum atomic E-state index is -0.417. The van der Waals surface area contributed by atoms with Crippen molar-refractivity contribution in [1.82, 2.24) is 14.5 Å². The number of thiophene rings is 1. The molecule has 0 bridgehead atoms. The van der Waals surface area contributed by atoms with Gasteiger partial charge in [-0.05, 0) is 29.5 Å². The smallest absolute Gasteiger partial charge is 0.410 e. The predicted molar refractivity (Wildman–Crippen MR) is 131 cm³/mol. The summed E-state index contributed by atoms with van der Waals surface area (Å²) >= 11 is 1.34. The molecule has 9 nitrogen and oxygen atoms in total. The molecule has 10 heteroatoms. The number of rotatable bonds is 7. The maximum absolute atomic E-state index is 12.8. The molecule has 2 aromatic heterocycles. The van der Waals surface area contributed by atoms with E-state index in [1.165, 1.54) is 11.3 Å². The summed E-state index contributed by atoms with van der Waals surface area (Å²) in [6.07, 6.45) is 3.67. The van der Waals surface area contributed by atoms with Crippen LogP contribution in [-0.4, -0.2) is 40.1 Å². The Hall–Kier alpha value is -3.84. The zero-order valence-corrected chi connectivity index (χ0v) is 20.7. The van der Waals surface area contributed by atoms with Crippen LogP contribution in [0.4, 0.5) is 9.80 Å². The summed E-state index contributed by atoms with van der Waals surface area (Å²) in [5.41, 5.74) is 3.12. The first-order chi connectivity index (χ1) is 16.9. The van der Waals surface area contributed by atoms with Crippen LogP contribution in [0.5, 0.6) is 5.75 Å². The van der Waals surface area contributed by atoms with Crippen LogP contribution in [0.2, 0.25) is 0 Å². The van der Waals surface area contributed by atoms with Crippen molar-refractivity contribution in [3.63, 3.8) is 0 Å². The molecule has 35 heavy (non-hydrogen) atoms. The van der Waals surface area contributed by atoms with Gasteiger partial charge in [0, 0.05) is 24.9 Å². The lowest BCUT2D eigenvalue weighted by Gasteiger charge is -2.26. The molecule has 0 aliphatic carbocycles. The minimum Gasteiger partial charge on any atom is -0.496 e. The fraction of sp³-hybridized carbons (Fsp3) is 0.360. The highest BCUT2D eigenvalue weighted by Gasteiger charge is 2.28. The van der Waals surface area contributed by atoms with Crippen molar-refractivity contribution >= 4 is 28.3 Å². The number of para-hydroxylation sites is 1. The number of carbonyl (C=O) groups is 2. The number of nitrogens with zero attached hydrogens (tertiary/aromatic N) is 4. The van der Waals surface area contributed by atoms with Gasteiger partial charge in [0.15, 0.2) is 0 Å². The van der Waals surface area contributed by atoms with Gasteiger partial charge in [0.25, 0.3) is 0 Å². The van der Waals surface area contributed by atoms with Gasteiger partial charge in [0.1, 0.15) is 23.4 Å². The maximum Gasteiger partial charge on any atom is 0.410 e. The molecule has 0 spiro atoms. The van der Waals surface area contributed by atoms with Crippen molar-refractivity contribution in [2.75, 3.05) is 19.0 Å². The predicted octanol–water partition coefficient (Wildman–Crippen LogP) is 4.19. The molecular weight excluding hydrogens is 466 g/mol. The molecule has 4 rings (SSSR count). The molecule has 3 aromatic rings. The van der Waals surface area contributed by atoms with Gasteiger partial charge in [-0.1, -0.05) is 25.1 Å². The zero-order valence-electron chi connectivity index (χ0n) is 19.9. The number of hydrogen-bond acceptors (Lipinski definition) is 7. The van der Waals surface area contributed by atoms with Crippen molar-refractivity contribution in [1.29, 1.82) is 5.26 Å². The highest BCUT2D eigenvalue weighted by molar-refractivity contribution is 7.16. The van der Waals surface area contributed by atoms with Crippen LogP contribution < -0.4 is 10.1 Å². The van der Waals surface area contributed by atoms with Gasteiger partial charge in [-0.2, -0.15) is 5.26 Å². The van der Waals surface area contributed by atoms with Crippen LogP contribution in [0.1, 0.15) is 46.5 Å². The van der Waals surface area contributed by atoms with E-state index in [0.29, 0.717) is 30.1 Å². The van der Waals surface area contributed by atoms with E-state index in [9.17, 15) is 14.9 Å². The van der Waals surface area contributed by atoms with E-state index in [0.717, 1.165) is 27.4 Å². The van der Waals surface area contributed by atoms with Crippen molar-refractivity contribution in [2.45, 2.75) is 38.8 Å². The second-order valence-electron chi connectivity index (χ2n) is 8.44. The van der Waals surface area contributed by atoms with E-state index in [1.54, 1.807) is 29.1 Å². The lowest BCUT2D eigenvalue weighted by Crippen LogP contribution is -2.35. The molecule has 0 radical (unpaired) electrons. The molecular formula is C25H27N5O4S. The number of amides is 2. The largest absolute Gasteiger partial charge is 0.496 e. The standard InChI is InChI=1S/C25H27N5O4S/c1-16(18-6-4-5-7-21(18)33-3)10-23(31)28-24-20(11-26)19-8-9-30(13-22(19)35-24)25(32)34-14-17-12-27-15-29(17)2/h4-7,12,15-16H,8-10,13-14H2,1-3H3,(H,28,31)/t16-/m0/s1. The van der Waals surface area contributed by atoms with E-state index in [2.05, 4.69) is 16.4 Å². The molecule has 0 saturated heterocycles. The third kappa shape index (κ3) is 5.30. The van der Waals surface area contributed by atoms with Gasteiger partial charge in [0.2, 0.25) is 5.91 Å². The maximum atomic E-state index is 12.8. The van der Waals surface area contributed by atoms with Gasteiger partial charge < -0.3 is 24.3 Å². The number of methoxy groups -OCH3 is 1.